The van der Waals surface area contributed by atoms with Crippen LogP contribution in [0, 0.1) is 0 Å². The lowest BCUT2D eigenvalue weighted by atomic mass is 10.4. The van der Waals surface area contributed by atoms with Crippen LogP contribution in [0.2, 0.25) is 0 Å². The summed E-state index contributed by atoms with van der Waals surface area (Å²) in [7, 11) is 0. The van der Waals surface area contributed by atoms with Crippen LogP contribution in [0.25, 0.3) is 0 Å². The molecule has 0 aliphatic rings. The van der Waals surface area contributed by atoms with Crippen LogP contribution in [-0.2, 0) is 0 Å². The molecule has 0 bridgehead atoms. The Morgan fingerprint density at radius 3 is 2.67 bits per heavy atom. The molecule has 1 aromatic heterocycles. The molecule has 0 amide bonds. The van der Waals surface area contributed by atoms with Crippen LogP contribution >= 0.6 is 11.8 Å². The van der Waals surface area contributed by atoms with E-state index >= 15 is 0 Å². The monoisotopic (exact) mass is 221 g/mol. The van der Waals surface area contributed by atoms with E-state index in [1.807, 2.05) is 30.3 Å². The van der Waals surface area contributed by atoms with Crippen molar-refractivity contribution in [2.24, 2.45) is 0 Å². The lowest BCUT2D eigenvalue weighted by molar-refractivity contribution is 0.0685. The van der Waals surface area contributed by atoms with Gasteiger partial charge in [-0.15, -0.1) is 0 Å². The number of benzene rings is 1. The van der Waals surface area contributed by atoms with Crippen LogP contribution in [0.4, 0.5) is 0 Å². The topological polar surface area (TPSA) is 63.3 Å². The van der Waals surface area contributed by atoms with Gasteiger partial charge in [-0.05, 0) is 23.9 Å². The van der Waals surface area contributed by atoms with Crippen molar-refractivity contribution in [3.8, 4) is 0 Å². The van der Waals surface area contributed by atoms with Gasteiger partial charge in [0.1, 0.15) is 0 Å². The second kappa shape index (κ2) is 4.18. The molecule has 76 valence electrons. The Hall–Kier alpha value is -1.75. The Morgan fingerprint density at radius 2 is 2.07 bits per heavy atom. The van der Waals surface area contributed by atoms with E-state index in [4.69, 9.17) is 9.63 Å². The number of hydrogen-bond acceptors (Lipinski definition) is 4. The summed E-state index contributed by atoms with van der Waals surface area (Å²) in [6, 6.07) is 10.9. The van der Waals surface area contributed by atoms with Crippen molar-refractivity contribution in [2.45, 2.75) is 9.99 Å². The largest absolute Gasteiger partial charge is 0.476 e. The van der Waals surface area contributed by atoms with Crippen molar-refractivity contribution < 1.29 is 14.4 Å². The average molecular weight is 221 g/mol. The Kier molecular flexibility index (Phi) is 2.73. The molecule has 0 fully saturated rings. The summed E-state index contributed by atoms with van der Waals surface area (Å²) in [4.78, 5) is 11.5. The molecule has 2 aromatic rings. The first-order valence-electron chi connectivity index (χ1n) is 4.18. The maximum absolute atomic E-state index is 10.5. The third kappa shape index (κ3) is 2.38. The van der Waals surface area contributed by atoms with Gasteiger partial charge in [-0.3, -0.25) is 0 Å². The lowest BCUT2D eigenvalue weighted by Crippen LogP contribution is -1.94. The zero-order valence-corrected chi connectivity index (χ0v) is 8.40. The van der Waals surface area contributed by atoms with E-state index in [0.29, 0.717) is 5.09 Å². The Bertz CT molecular complexity index is 467. The zero-order chi connectivity index (χ0) is 10.7. The third-order valence-corrected chi connectivity index (χ3v) is 2.57. The maximum Gasteiger partial charge on any atom is 0.358 e. The quantitative estimate of drug-likeness (QED) is 0.862. The molecule has 1 N–H and O–H groups in total. The van der Waals surface area contributed by atoms with E-state index in [2.05, 4.69) is 5.16 Å². The van der Waals surface area contributed by atoms with Crippen LogP contribution in [0.5, 0.6) is 0 Å². The number of carboxylic acid groups (broad SMARTS) is 1. The van der Waals surface area contributed by atoms with Crippen molar-refractivity contribution in [1.82, 2.24) is 5.16 Å². The molecule has 0 radical (unpaired) electrons. The summed E-state index contributed by atoms with van der Waals surface area (Å²) in [5.41, 5.74) is -0.0755. The molecule has 0 aliphatic carbocycles. The average Bonchev–Trinajstić information content (AvgIpc) is 2.68. The number of aromatic nitrogens is 1. The minimum atomic E-state index is -1.08. The van der Waals surface area contributed by atoms with Gasteiger partial charge < -0.3 is 9.63 Å². The maximum atomic E-state index is 10.5. The van der Waals surface area contributed by atoms with Crippen molar-refractivity contribution >= 4 is 17.7 Å². The molecule has 0 saturated heterocycles. The number of nitrogens with zero attached hydrogens (tertiary/aromatic N) is 1. The Morgan fingerprint density at radius 1 is 1.33 bits per heavy atom. The molecule has 0 spiro atoms. The fraction of sp³-hybridized carbons (Fsp3) is 0. The third-order valence-electron chi connectivity index (χ3n) is 1.67. The minimum absolute atomic E-state index is 0.0755. The number of aromatic carboxylic acids is 1. The second-order valence-corrected chi connectivity index (χ2v) is 3.83. The molecule has 15 heavy (non-hydrogen) atoms. The van der Waals surface area contributed by atoms with Gasteiger partial charge in [0.15, 0.2) is 10.8 Å². The number of hydrogen-bond donors (Lipinski definition) is 1. The molecule has 0 unspecified atom stereocenters. The first-order valence-corrected chi connectivity index (χ1v) is 5.00. The Labute approximate surface area is 89.9 Å². The summed E-state index contributed by atoms with van der Waals surface area (Å²) in [5, 5.41) is 12.5. The number of rotatable bonds is 3. The molecular weight excluding hydrogens is 214 g/mol. The van der Waals surface area contributed by atoms with Crippen LogP contribution < -0.4 is 0 Å². The van der Waals surface area contributed by atoms with Gasteiger partial charge in [0.05, 0.1) is 0 Å². The normalized spacial score (nSPS) is 10.1. The smallest absolute Gasteiger partial charge is 0.358 e. The summed E-state index contributed by atoms with van der Waals surface area (Å²) in [5.74, 6) is -1.08. The number of carboxylic acids is 1. The van der Waals surface area contributed by atoms with E-state index in [9.17, 15) is 4.79 Å². The van der Waals surface area contributed by atoms with E-state index < -0.39 is 5.97 Å². The molecule has 0 aliphatic heterocycles. The van der Waals surface area contributed by atoms with Crippen LogP contribution in [0.3, 0.4) is 0 Å². The van der Waals surface area contributed by atoms with Gasteiger partial charge in [-0.25, -0.2) is 4.79 Å². The van der Waals surface area contributed by atoms with Crippen molar-refractivity contribution in [3.05, 3.63) is 42.1 Å². The molecule has 0 atom stereocenters. The lowest BCUT2D eigenvalue weighted by Gasteiger charge is -1.93. The zero-order valence-electron chi connectivity index (χ0n) is 7.58. The van der Waals surface area contributed by atoms with Gasteiger partial charge in [-0.1, -0.05) is 23.4 Å². The van der Waals surface area contributed by atoms with Crippen molar-refractivity contribution in [1.29, 1.82) is 0 Å². The fourth-order valence-electron chi connectivity index (χ4n) is 1.01. The second-order valence-electron chi connectivity index (χ2n) is 2.75. The summed E-state index contributed by atoms with van der Waals surface area (Å²) >= 11 is 1.33. The van der Waals surface area contributed by atoms with Crippen molar-refractivity contribution in [3.63, 3.8) is 0 Å². The summed E-state index contributed by atoms with van der Waals surface area (Å²) in [6.07, 6.45) is 0. The van der Waals surface area contributed by atoms with Gasteiger partial charge >= 0.3 is 5.97 Å². The fourth-order valence-corrected chi connectivity index (χ4v) is 1.78. The predicted molar refractivity (Wildman–Crippen MR) is 54.0 cm³/mol. The predicted octanol–water partition coefficient (Wildman–Crippen LogP) is 2.52. The van der Waals surface area contributed by atoms with Crippen LogP contribution in [-0.4, -0.2) is 16.2 Å². The van der Waals surface area contributed by atoms with Gasteiger partial charge in [0, 0.05) is 11.0 Å². The highest BCUT2D eigenvalue weighted by Gasteiger charge is 2.11. The molecular formula is C10H7NO3S. The van der Waals surface area contributed by atoms with Gasteiger partial charge in [0.2, 0.25) is 0 Å². The number of carbonyl (C=O) groups is 1. The first-order chi connectivity index (χ1) is 7.25. The van der Waals surface area contributed by atoms with Gasteiger partial charge in [0.25, 0.3) is 0 Å². The van der Waals surface area contributed by atoms with E-state index in [0.717, 1.165) is 4.90 Å². The summed E-state index contributed by atoms with van der Waals surface area (Å²) in [6.45, 7) is 0. The van der Waals surface area contributed by atoms with Crippen LogP contribution in [0.15, 0.2) is 50.9 Å². The van der Waals surface area contributed by atoms with Crippen molar-refractivity contribution in [2.75, 3.05) is 0 Å². The SMILES string of the molecule is O=C(O)c1cc(Sc2ccccc2)on1. The first kappa shape index (κ1) is 9.79. The minimum Gasteiger partial charge on any atom is -0.476 e. The molecule has 5 heteroatoms. The molecule has 0 saturated carbocycles. The highest BCUT2D eigenvalue weighted by molar-refractivity contribution is 7.99. The van der Waals surface area contributed by atoms with Gasteiger partial charge in [-0.2, -0.15) is 0 Å². The van der Waals surface area contributed by atoms with E-state index in [1.54, 1.807) is 0 Å². The van der Waals surface area contributed by atoms with Crippen LogP contribution in [0.1, 0.15) is 10.5 Å². The standard InChI is InChI=1S/C10H7NO3S/c12-10(13)8-6-9(14-11-8)15-7-4-2-1-3-5-7/h1-6H,(H,12,13). The van der Waals surface area contributed by atoms with E-state index in [-0.39, 0.29) is 5.69 Å². The highest BCUT2D eigenvalue weighted by Crippen LogP contribution is 2.27. The highest BCUT2D eigenvalue weighted by atomic mass is 32.2. The Balaban J connectivity index is 2.15. The molecule has 1 aromatic carbocycles. The molecule has 4 nitrogen and oxygen atoms in total. The molecule has 2 rings (SSSR count). The van der Waals surface area contributed by atoms with E-state index in [1.165, 1.54) is 17.8 Å². The summed E-state index contributed by atoms with van der Waals surface area (Å²) < 4.78 is 4.86. The molecule has 1 heterocycles.